The first-order valence-corrected chi connectivity index (χ1v) is 8.95. The fraction of sp³-hybridized carbons (Fsp3) is 0.400. The van der Waals surface area contributed by atoms with Crippen LogP contribution in [0.25, 0.3) is 0 Å². The first-order valence-electron chi connectivity index (χ1n) is 8.95. The summed E-state index contributed by atoms with van der Waals surface area (Å²) in [5.74, 6) is 0.182. The summed E-state index contributed by atoms with van der Waals surface area (Å²) in [6, 6.07) is 12.6. The van der Waals surface area contributed by atoms with Crippen molar-refractivity contribution in [2.75, 3.05) is 26.3 Å². The van der Waals surface area contributed by atoms with Gasteiger partial charge in [-0.1, -0.05) is 18.2 Å². The Bertz CT molecular complexity index is 736. The number of rotatable bonds is 6. The van der Waals surface area contributed by atoms with Crippen LogP contribution in [-0.4, -0.2) is 37.2 Å². The molecule has 0 radical (unpaired) electrons. The molecule has 3 rings (SSSR count). The van der Waals surface area contributed by atoms with Gasteiger partial charge in [0, 0.05) is 43.5 Å². The lowest BCUT2D eigenvalue weighted by molar-refractivity contribution is 0.0530. The van der Waals surface area contributed by atoms with E-state index in [-0.39, 0.29) is 35.2 Å². The van der Waals surface area contributed by atoms with Crippen molar-refractivity contribution in [1.82, 2.24) is 10.3 Å². The van der Waals surface area contributed by atoms with Gasteiger partial charge in [0.1, 0.15) is 5.82 Å². The Morgan fingerprint density at radius 3 is 2.74 bits per heavy atom. The van der Waals surface area contributed by atoms with E-state index in [9.17, 15) is 4.39 Å². The molecular weight excluding hydrogens is 458 g/mol. The fourth-order valence-electron chi connectivity index (χ4n) is 3.28. The van der Waals surface area contributed by atoms with E-state index in [1.165, 1.54) is 6.07 Å². The number of nitrogens with zero attached hydrogens (tertiary/aromatic N) is 2. The molecule has 0 saturated carbocycles. The lowest BCUT2D eigenvalue weighted by Gasteiger charge is -2.36. The van der Waals surface area contributed by atoms with Gasteiger partial charge in [0.05, 0.1) is 6.54 Å². The van der Waals surface area contributed by atoms with E-state index < -0.39 is 0 Å². The average Bonchev–Trinajstić information content (AvgIpc) is 2.68. The van der Waals surface area contributed by atoms with Gasteiger partial charge in [-0.2, -0.15) is 0 Å². The summed E-state index contributed by atoms with van der Waals surface area (Å²) in [7, 11) is 0. The van der Waals surface area contributed by atoms with Crippen LogP contribution in [0.2, 0.25) is 0 Å². The summed E-state index contributed by atoms with van der Waals surface area (Å²) in [6.45, 7) is 2.49. The molecule has 0 atom stereocenters. The van der Waals surface area contributed by atoms with Gasteiger partial charge >= 0.3 is 0 Å². The van der Waals surface area contributed by atoms with Crippen molar-refractivity contribution in [1.29, 1.82) is 0 Å². The van der Waals surface area contributed by atoms with Gasteiger partial charge in [0.15, 0.2) is 5.96 Å². The van der Waals surface area contributed by atoms with Crippen LogP contribution in [0.5, 0.6) is 0 Å². The molecule has 0 bridgehead atoms. The number of hydrogen-bond acceptors (Lipinski definition) is 3. The SMILES string of the molecule is I.NC(=NCC1(c2cccc(F)c2)CCOCC1)NCCc1ccccn1. The van der Waals surface area contributed by atoms with Gasteiger partial charge < -0.3 is 15.8 Å². The first-order chi connectivity index (χ1) is 12.7. The Morgan fingerprint density at radius 1 is 1.22 bits per heavy atom. The van der Waals surface area contributed by atoms with E-state index in [0.29, 0.717) is 32.3 Å². The van der Waals surface area contributed by atoms with Crippen molar-refractivity contribution in [3.05, 3.63) is 65.7 Å². The molecular formula is C20H26FIN4O. The molecule has 0 unspecified atom stereocenters. The zero-order chi connectivity index (χ0) is 18.2. The van der Waals surface area contributed by atoms with Crippen molar-refractivity contribution >= 4 is 29.9 Å². The molecule has 1 aromatic carbocycles. The minimum Gasteiger partial charge on any atom is -0.381 e. The van der Waals surface area contributed by atoms with Crippen LogP contribution < -0.4 is 11.1 Å². The molecule has 0 aliphatic carbocycles. The third-order valence-corrected chi connectivity index (χ3v) is 4.85. The summed E-state index contributed by atoms with van der Waals surface area (Å²) >= 11 is 0. The number of guanidine groups is 1. The number of halogens is 2. The molecule has 2 heterocycles. The van der Waals surface area contributed by atoms with Crippen LogP contribution in [0.1, 0.15) is 24.1 Å². The van der Waals surface area contributed by atoms with Crippen molar-refractivity contribution in [2.24, 2.45) is 10.7 Å². The topological polar surface area (TPSA) is 72.5 Å². The van der Waals surface area contributed by atoms with E-state index >= 15 is 0 Å². The molecule has 3 N–H and O–H groups in total. The van der Waals surface area contributed by atoms with Crippen molar-refractivity contribution < 1.29 is 9.13 Å². The third-order valence-electron chi connectivity index (χ3n) is 4.85. The molecule has 27 heavy (non-hydrogen) atoms. The smallest absolute Gasteiger partial charge is 0.188 e. The lowest BCUT2D eigenvalue weighted by atomic mass is 9.74. The summed E-state index contributed by atoms with van der Waals surface area (Å²) in [5, 5.41) is 3.13. The Labute approximate surface area is 176 Å². The van der Waals surface area contributed by atoms with Crippen LogP contribution in [0, 0.1) is 5.82 Å². The molecule has 2 aromatic rings. The highest BCUT2D eigenvalue weighted by molar-refractivity contribution is 14.0. The fourth-order valence-corrected chi connectivity index (χ4v) is 3.28. The summed E-state index contributed by atoms with van der Waals surface area (Å²) in [5.41, 5.74) is 7.78. The van der Waals surface area contributed by atoms with Gasteiger partial charge in [0.2, 0.25) is 0 Å². The quantitative estimate of drug-likeness (QED) is 0.376. The van der Waals surface area contributed by atoms with E-state index in [0.717, 1.165) is 30.5 Å². The van der Waals surface area contributed by atoms with Crippen LogP contribution >= 0.6 is 24.0 Å². The standard InChI is InChI=1S/C20H25FN4O.HI/c21-17-5-3-4-16(14-17)20(8-12-26-13-9-20)15-25-19(22)24-11-7-18-6-1-2-10-23-18;/h1-6,10,14H,7-9,11-13,15H2,(H3,22,24,25);1H. The normalized spacial score (nSPS) is 16.4. The van der Waals surface area contributed by atoms with Gasteiger partial charge in [-0.3, -0.25) is 9.98 Å². The molecule has 146 valence electrons. The van der Waals surface area contributed by atoms with Crippen LogP contribution in [-0.2, 0) is 16.6 Å². The number of nitrogens with two attached hydrogens (primary N) is 1. The Hall–Kier alpha value is -1.74. The maximum absolute atomic E-state index is 13.7. The molecule has 5 nitrogen and oxygen atoms in total. The lowest BCUT2D eigenvalue weighted by Crippen LogP contribution is -2.39. The number of hydrogen-bond donors (Lipinski definition) is 2. The average molecular weight is 484 g/mol. The largest absolute Gasteiger partial charge is 0.381 e. The number of ether oxygens (including phenoxy) is 1. The number of aliphatic imine (C=N–C) groups is 1. The summed E-state index contributed by atoms with van der Waals surface area (Å²) < 4.78 is 19.2. The van der Waals surface area contributed by atoms with Crippen molar-refractivity contribution in [3.63, 3.8) is 0 Å². The van der Waals surface area contributed by atoms with E-state index in [4.69, 9.17) is 10.5 Å². The van der Waals surface area contributed by atoms with E-state index in [1.807, 2.05) is 24.3 Å². The number of nitrogens with one attached hydrogen (secondary N) is 1. The predicted octanol–water partition coefficient (Wildman–Crippen LogP) is 3.03. The van der Waals surface area contributed by atoms with Gasteiger partial charge in [-0.25, -0.2) is 4.39 Å². The highest BCUT2D eigenvalue weighted by Gasteiger charge is 2.34. The predicted molar refractivity (Wildman–Crippen MR) is 116 cm³/mol. The maximum atomic E-state index is 13.7. The van der Waals surface area contributed by atoms with Crippen LogP contribution in [0.15, 0.2) is 53.7 Å². The van der Waals surface area contributed by atoms with Gasteiger partial charge in [-0.15, -0.1) is 24.0 Å². The molecule has 1 aliphatic rings. The van der Waals surface area contributed by atoms with Gasteiger partial charge in [0.25, 0.3) is 0 Å². The van der Waals surface area contributed by atoms with Crippen molar-refractivity contribution in [2.45, 2.75) is 24.7 Å². The number of benzene rings is 1. The van der Waals surface area contributed by atoms with Crippen LogP contribution in [0.4, 0.5) is 4.39 Å². The molecule has 1 fully saturated rings. The number of pyridine rings is 1. The Kier molecular flexibility index (Phi) is 8.43. The monoisotopic (exact) mass is 484 g/mol. The second-order valence-corrected chi connectivity index (χ2v) is 6.60. The maximum Gasteiger partial charge on any atom is 0.188 e. The molecule has 0 amide bonds. The molecule has 1 saturated heterocycles. The van der Waals surface area contributed by atoms with Crippen LogP contribution in [0.3, 0.4) is 0 Å². The van der Waals surface area contributed by atoms with Crippen molar-refractivity contribution in [3.8, 4) is 0 Å². The third kappa shape index (κ3) is 6.14. The second-order valence-electron chi connectivity index (χ2n) is 6.60. The zero-order valence-electron chi connectivity index (χ0n) is 15.2. The molecule has 1 aromatic heterocycles. The Morgan fingerprint density at radius 2 is 2.04 bits per heavy atom. The minimum absolute atomic E-state index is 0. The second kappa shape index (κ2) is 10.6. The first kappa shape index (κ1) is 21.6. The molecule has 1 aliphatic heterocycles. The summed E-state index contributed by atoms with van der Waals surface area (Å²) in [6.07, 6.45) is 4.17. The zero-order valence-corrected chi connectivity index (χ0v) is 17.6. The highest BCUT2D eigenvalue weighted by Crippen LogP contribution is 2.35. The minimum atomic E-state index is -0.229. The Balaban J connectivity index is 0.00000261. The van der Waals surface area contributed by atoms with E-state index in [1.54, 1.807) is 18.3 Å². The highest BCUT2D eigenvalue weighted by atomic mass is 127. The summed E-state index contributed by atoms with van der Waals surface area (Å²) in [4.78, 5) is 8.83. The molecule has 0 spiro atoms. The molecule has 7 heteroatoms. The van der Waals surface area contributed by atoms with Gasteiger partial charge in [-0.05, 0) is 42.7 Å². The number of aromatic nitrogens is 1. The van der Waals surface area contributed by atoms with E-state index in [2.05, 4.69) is 15.3 Å².